The Balaban J connectivity index is 3.03. The van der Waals surface area contributed by atoms with E-state index in [0.717, 1.165) is 6.07 Å². The third kappa shape index (κ3) is 3.31. The van der Waals surface area contributed by atoms with Gasteiger partial charge in [-0.25, -0.2) is 0 Å². The van der Waals surface area contributed by atoms with E-state index in [9.17, 15) is 20.3 Å². The predicted molar refractivity (Wildman–Crippen MR) is 63.1 cm³/mol. The van der Waals surface area contributed by atoms with Crippen LogP contribution in [-0.4, -0.2) is 27.8 Å². The van der Waals surface area contributed by atoms with Gasteiger partial charge in [-0.3, -0.25) is 10.1 Å². The maximum Gasteiger partial charge on any atom is 0.269 e. The summed E-state index contributed by atoms with van der Waals surface area (Å²) in [7, 11) is 0. The first kappa shape index (κ1) is 14.2. The quantitative estimate of drug-likeness (QED) is 0.278. The van der Waals surface area contributed by atoms with Crippen LogP contribution in [0.1, 0.15) is 11.7 Å². The molecule has 1 aromatic carbocycles. The lowest BCUT2D eigenvalue weighted by atomic mass is 10.0. The fourth-order valence-electron chi connectivity index (χ4n) is 1.30. The Kier molecular flexibility index (Phi) is 4.87. The largest absolute Gasteiger partial charge is 0.390 e. The number of benzene rings is 1. The van der Waals surface area contributed by atoms with Gasteiger partial charge in [-0.05, 0) is 11.6 Å². The summed E-state index contributed by atoms with van der Waals surface area (Å²) >= 11 is 5.78. The van der Waals surface area contributed by atoms with Crippen molar-refractivity contribution in [1.82, 2.24) is 0 Å². The molecule has 0 aliphatic rings. The number of hydrogen-bond acceptors (Lipinski definition) is 5. The maximum absolute atomic E-state index is 10.6. The Labute approximate surface area is 106 Å². The molecular formula is C9H9ClN4O4. The van der Waals surface area contributed by atoms with Crippen molar-refractivity contribution in [2.45, 2.75) is 12.2 Å². The molecule has 0 spiro atoms. The van der Waals surface area contributed by atoms with Crippen molar-refractivity contribution in [3.8, 4) is 0 Å². The SMILES string of the molecule is [N-]=[N+]=NCC(O)C(O)c1cc([N+](=O)[O-])ccc1Cl. The van der Waals surface area contributed by atoms with Gasteiger partial charge >= 0.3 is 0 Å². The smallest absolute Gasteiger partial charge is 0.269 e. The second-order valence-corrected chi connectivity index (χ2v) is 3.80. The minimum absolute atomic E-state index is 0.00602. The van der Waals surface area contributed by atoms with Gasteiger partial charge < -0.3 is 10.2 Å². The number of nitro groups is 1. The molecule has 0 bridgehead atoms. The summed E-state index contributed by atoms with van der Waals surface area (Å²) in [5.74, 6) is 0. The van der Waals surface area contributed by atoms with Crippen LogP contribution in [-0.2, 0) is 0 Å². The highest BCUT2D eigenvalue weighted by Gasteiger charge is 2.22. The molecule has 9 heteroatoms. The fourth-order valence-corrected chi connectivity index (χ4v) is 1.53. The molecule has 0 saturated heterocycles. The molecule has 2 N–H and O–H groups in total. The van der Waals surface area contributed by atoms with Crippen molar-refractivity contribution in [3.05, 3.63) is 49.3 Å². The molecule has 1 aromatic rings. The summed E-state index contributed by atoms with van der Waals surface area (Å²) in [6, 6.07) is 3.49. The van der Waals surface area contributed by atoms with Gasteiger partial charge in [-0.2, -0.15) is 0 Å². The minimum Gasteiger partial charge on any atom is -0.390 e. The molecule has 0 aromatic heterocycles. The lowest BCUT2D eigenvalue weighted by Gasteiger charge is -2.17. The Morgan fingerprint density at radius 2 is 2.22 bits per heavy atom. The van der Waals surface area contributed by atoms with Crippen LogP contribution in [0, 0.1) is 10.1 Å². The molecule has 18 heavy (non-hydrogen) atoms. The molecule has 0 aliphatic heterocycles. The molecule has 0 radical (unpaired) electrons. The lowest BCUT2D eigenvalue weighted by molar-refractivity contribution is -0.385. The number of halogens is 1. The molecule has 1 rings (SSSR count). The fraction of sp³-hybridized carbons (Fsp3) is 0.333. The number of rotatable bonds is 5. The average Bonchev–Trinajstić information content (AvgIpc) is 2.35. The highest BCUT2D eigenvalue weighted by atomic mass is 35.5. The van der Waals surface area contributed by atoms with Crippen LogP contribution in [0.25, 0.3) is 10.4 Å². The van der Waals surface area contributed by atoms with Gasteiger partial charge in [0.15, 0.2) is 0 Å². The van der Waals surface area contributed by atoms with E-state index in [1.54, 1.807) is 0 Å². The Hall–Kier alpha value is -1.86. The van der Waals surface area contributed by atoms with E-state index < -0.39 is 17.1 Å². The van der Waals surface area contributed by atoms with Crippen molar-refractivity contribution >= 4 is 17.3 Å². The Morgan fingerprint density at radius 3 is 2.78 bits per heavy atom. The van der Waals surface area contributed by atoms with Crippen LogP contribution >= 0.6 is 11.6 Å². The van der Waals surface area contributed by atoms with Crippen LogP contribution in [0.2, 0.25) is 5.02 Å². The summed E-state index contributed by atoms with van der Waals surface area (Å²) in [4.78, 5) is 12.4. The van der Waals surface area contributed by atoms with Gasteiger partial charge in [0.05, 0.1) is 17.6 Å². The van der Waals surface area contributed by atoms with Crippen molar-refractivity contribution in [1.29, 1.82) is 0 Å². The number of aliphatic hydroxyl groups is 2. The van der Waals surface area contributed by atoms with Crippen molar-refractivity contribution in [2.24, 2.45) is 5.11 Å². The molecule has 2 unspecified atom stereocenters. The zero-order valence-corrected chi connectivity index (χ0v) is 9.73. The third-order valence-electron chi connectivity index (χ3n) is 2.21. The van der Waals surface area contributed by atoms with E-state index in [2.05, 4.69) is 10.0 Å². The van der Waals surface area contributed by atoms with E-state index in [4.69, 9.17) is 17.1 Å². The second-order valence-electron chi connectivity index (χ2n) is 3.39. The summed E-state index contributed by atoms with van der Waals surface area (Å²) < 4.78 is 0. The van der Waals surface area contributed by atoms with Gasteiger partial charge in [-0.15, -0.1) is 0 Å². The molecule has 0 amide bonds. The zero-order chi connectivity index (χ0) is 13.7. The zero-order valence-electron chi connectivity index (χ0n) is 8.97. The normalized spacial score (nSPS) is 13.5. The molecule has 8 nitrogen and oxygen atoms in total. The number of hydrogen-bond donors (Lipinski definition) is 2. The van der Waals surface area contributed by atoms with Crippen molar-refractivity contribution < 1.29 is 15.1 Å². The van der Waals surface area contributed by atoms with E-state index in [-0.39, 0.29) is 22.8 Å². The predicted octanol–water partition coefficient (Wildman–Crippen LogP) is 1.95. The summed E-state index contributed by atoms with van der Waals surface area (Å²) in [5.41, 5.74) is 7.84. The molecule has 0 aliphatic carbocycles. The molecular weight excluding hydrogens is 264 g/mol. The lowest BCUT2D eigenvalue weighted by Crippen LogP contribution is -2.21. The topological polar surface area (TPSA) is 132 Å². The van der Waals surface area contributed by atoms with Crippen LogP contribution < -0.4 is 0 Å². The van der Waals surface area contributed by atoms with E-state index in [0.29, 0.717) is 0 Å². The maximum atomic E-state index is 10.6. The number of nitro benzene ring substituents is 1. The van der Waals surface area contributed by atoms with Gasteiger partial charge in [0.2, 0.25) is 0 Å². The highest BCUT2D eigenvalue weighted by Crippen LogP contribution is 2.29. The van der Waals surface area contributed by atoms with E-state index >= 15 is 0 Å². The highest BCUT2D eigenvalue weighted by molar-refractivity contribution is 6.31. The first-order valence-electron chi connectivity index (χ1n) is 4.78. The first-order valence-corrected chi connectivity index (χ1v) is 5.16. The minimum atomic E-state index is -1.47. The molecule has 2 atom stereocenters. The summed E-state index contributed by atoms with van der Waals surface area (Å²) in [5, 5.41) is 33.0. The Bertz CT molecular complexity index is 503. The van der Waals surface area contributed by atoms with Crippen molar-refractivity contribution in [3.63, 3.8) is 0 Å². The van der Waals surface area contributed by atoms with Crippen molar-refractivity contribution in [2.75, 3.05) is 6.54 Å². The number of aliphatic hydroxyl groups excluding tert-OH is 2. The Morgan fingerprint density at radius 1 is 1.56 bits per heavy atom. The first-order chi connectivity index (χ1) is 8.47. The average molecular weight is 273 g/mol. The van der Waals surface area contributed by atoms with Gasteiger partial charge in [0.1, 0.15) is 6.10 Å². The van der Waals surface area contributed by atoms with Crippen LogP contribution in [0.3, 0.4) is 0 Å². The number of non-ortho nitro benzene ring substituents is 1. The van der Waals surface area contributed by atoms with E-state index in [1.807, 2.05) is 0 Å². The van der Waals surface area contributed by atoms with Crippen LogP contribution in [0.5, 0.6) is 0 Å². The number of nitrogens with zero attached hydrogens (tertiary/aromatic N) is 4. The van der Waals surface area contributed by atoms with Gasteiger partial charge in [0, 0.05) is 27.6 Å². The second kappa shape index (κ2) is 6.18. The molecule has 96 valence electrons. The molecule has 0 saturated carbocycles. The van der Waals surface area contributed by atoms with Gasteiger partial charge in [-0.1, -0.05) is 16.7 Å². The van der Waals surface area contributed by atoms with Gasteiger partial charge in [0.25, 0.3) is 5.69 Å². The van der Waals surface area contributed by atoms with Crippen LogP contribution in [0.15, 0.2) is 23.3 Å². The monoisotopic (exact) mass is 272 g/mol. The van der Waals surface area contributed by atoms with Crippen LogP contribution in [0.4, 0.5) is 5.69 Å². The van der Waals surface area contributed by atoms with E-state index in [1.165, 1.54) is 12.1 Å². The molecule has 0 heterocycles. The molecule has 0 fully saturated rings. The summed E-state index contributed by atoms with van der Waals surface area (Å²) in [6.45, 7) is -0.364. The summed E-state index contributed by atoms with van der Waals surface area (Å²) in [6.07, 6.45) is -2.86. The number of azide groups is 1. The third-order valence-corrected chi connectivity index (χ3v) is 2.55. The standard InChI is InChI=1S/C9H9ClN4O4/c10-7-2-1-5(14(17)18)3-6(7)9(16)8(15)4-12-13-11/h1-3,8-9,15-16H,4H2.